The molecule has 0 aliphatic heterocycles. The van der Waals surface area contributed by atoms with Gasteiger partial charge in [-0.15, -0.1) is 0 Å². The van der Waals surface area contributed by atoms with Crippen LogP contribution in [0.25, 0.3) is 0 Å². The fraction of sp³-hybridized carbons (Fsp3) is 0.0833. The summed E-state index contributed by atoms with van der Waals surface area (Å²) in [5.41, 5.74) is 1.92. The molecule has 0 aromatic carbocycles. The van der Waals surface area contributed by atoms with E-state index in [-0.39, 0.29) is 0 Å². The van der Waals surface area contributed by atoms with Crippen LogP contribution in [0.2, 0.25) is 0 Å². The van der Waals surface area contributed by atoms with Gasteiger partial charge < -0.3 is 0 Å². The molecule has 0 aliphatic carbocycles. The summed E-state index contributed by atoms with van der Waals surface area (Å²) in [5, 5.41) is 0. The van der Waals surface area contributed by atoms with Crippen LogP contribution in [0.4, 0.5) is 0 Å². The van der Waals surface area contributed by atoms with E-state index in [0.29, 0.717) is 0 Å². The monoisotopic (exact) mass is 251 g/mol. The van der Waals surface area contributed by atoms with Crippen molar-refractivity contribution in [1.29, 1.82) is 0 Å². The Balaban J connectivity index is 4.39. The fourth-order valence-electron chi connectivity index (χ4n) is 0.621. The maximum Gasteiger partial charge on any atom is 0.0302 e. The van der Waals surface area contributed by atoms with Crippen molar-refractivity contribution in [3.8, 4) is 0 Å². The Morgan fingerprint density at radius 3 is 2.43 bits per heavy atom. The Morgan fingerprint density at radius 1 is 1.29 bits per heavy atom. The van der Waals surface area contributed by atoms with Crippen molar-refractivity contribution >= 4 is 22.1 Å². The normalized spacial score (nSPS) is 12.3. The highest BCUT2D eigenvalue weighted by molar-refractivity contribution is 9.11. The maximum absolute atomic E-state index is 4.00. The molecule has 1 nitrogen and oxygen atoms in total. The SMILES string of the molecule is C=CC=N/C=C(\C)C(=C)/C=C\C(=C)Br. The van der Waals surface area contributed by atoms with Crippen LogP contribution >= 0.6 is 15.9 Å². The number of halogens is 1. The minimum absolute atomic E-state index is 0.820. The Hall–Kier alpha value is -1.15. The Labute approximate surface area is 94.1 Å². The first-order valence-corrected chi connectivity index (χ1v) is 4.90. The van der Waals surface area contributed by atoms with Gasteiger partial charge in [-0.2, -0.15) is 0 Å². The lowest BCUT2D eigenvalue weighted by atomic mass is 10.1. The van der Waals surface area contributed by atoms with Gasteiger partial charge in [0.15, 0.2) is 0 Å². The largest absolute Gasteiger partial charge is 0.264 e. The second-order valence-corrected chi connectivity index (χ2v) is 3.67. The molecule has 0 N–H and O–H groups in total. The van der Waals surface area contributed by atoms with Crippen molar-refractivity contribution in [3.63, 3.8) is 0 Å². The van der Waals surface area contributed by atoms with E-state index in [4.69, 9.17) is 0 Å². The quantitative estimate of drug-likeness (QED) is 0.514. The first-order valence-electron chi connectivity index (χ1n) is 4.10. The molecule has 14 heavy (non-hydrogen) atoms. The van der Waals surface area contributed by atoms with Crippen LogP contribution in [0, 0.1) is 0 Å². The van der Waals surface area contributed by atoms with Crippen molar-refractivity contribution in [2.75, 3.05) is 0 Å². The van der Waals surface area contributed by atoms with E-state index in [1.165, 1.54) is 0 Å². The molecule has 74 valence electrons. The highest BCUT2D eigenvalue weighted by atomic mass is 79.9. The summed E-state index contributed by atoms with van der Waals surface area (Å²) in [4.78, 5) is 4.00. The topological polar surface area (TPSA) is 12.4 Å². The van der Waals surface area contributed by atoms with Crippen LogP contribution < -0.4 is 0 Å². The number of aliphatic imine (C=N–C) groups is 1. The minimum atomic E-state index is 0.820. The average Bonchev–Trinajstić information content (AvgIpc) is 2.14. The second-order valence-electron chi connectivity index (χ2n) is 2.65. The average molecular weight is 252 g/mol. The molecular weight excluding hydrogens is 238 g/mol. The third kappa shape index (κ3) is 6.38. The molecular formula is C12H14BrN. The number of hydrogen-bond donors (Lipinski definition) is 0. The first kappa shape index (κ1) is 12.8. The summed E-state index contributed by atoms with van der Waals surface area (Å²) in [6, 6.07) is 0. The first-order chi connectivity index (χ1) is 6.57. The Bertz CT molecular complexity index is 319. The maximum atomic E-state index is 4.00. The van der Waals surface area contributed by atoms with E-state index in [0.717, 1.165) is 15.6 Å². The number of rotatable bonds is 5. The summed E-state index contributed by atoms with van der Waals surface area (Å²) in [6.07, 6.45) is 8.72. The second kappa shape index (κ2) is 7.27. The van der Waals surface area contributed by atoms with Crippen molar-refractivity contribution in [2.24, 2.45) is 4.99 Å². The standard InChI is InChI=1S/C12H14BrN/c1-5-8-14-9-11(3)10(2)6-7-12(4)13/h5-9H,1-2,4H2,3H3/b7-6-,11-9+,14-8?. The molecule has 0 fully saturated rings. The molecule has 0 saturated carbocycles. The summed E-state index contributed by atoms with van der Waals surface area (Å²) in [7, 11) is 0. The summed E-state index contributed by atoms with van der Waals surface area (Å²) < 4.78 is 0.820. The van der Waals surface area contributed by atoms with E-state index in [1.54, 1.807) is 18.5 Å². The van der Waals surface area contributed by atoms with Gasteiger partial charge in [0.1, 0.15) is 0 Å². The highest BCUT2D eigenvalue weighted by Gasteiger charge is 1.90. The predicted molar refractivity (Wildman–Crippen MR) is 68.8 cm³/mol. The zero-order valence-corrected chi connectivity index (χ0v) is 9.92. The molecule has 0 aromatic rings. The van der Waals surface area contributed by atoms with Crippen molar-refractivity contribution < 1.29 is 0 Å². The Kier molecular flexibility index (Phi) is 6.68. The van der Waals surface area contributed by atoms with Gasteiger partial charge in [0.2, 0.25) is 0 Å². The molecule has 0 heterocycles. The molecule has 0 amide bonds. The van der Waals surface area contributed by atoms with Gasteiger partial charge in [-0.3, -0.25) is 4.99 Å². The fourth-order valence-corrected chi connectivity index (χ4v) is 0.753. The summed E-state index contributed by atoms with van der Waals surface area (Å²) in [5.74, 6) is 0. The third-order valence-electron chi connectivity index (χ3n) is 1.43. The number of nitrogens with zero attached hydrogens (tertiary/aromatic N) is 1. The van der Waals surface area contributed by atoms with Crippen molar-refractivity contribution in [3.05, 3.63) is 59.8 Å². The zero-order chi connectivity index (χ0) is 11.0. The van der Waals surface area contributed by atoms with Gasteiger partial charge >= 0.3 is 0 Å². The molecule has 0 spiro atoms. The van der Waals surface area contributed by atoms with E-state index in [2.05, 4.69) is 40.7 Å². The van der Waals surface area contributed by atoms with E-state index in [1.807, 2.05) is 19.1 Å². The molecule has 0 rings (SSSR count). The molecule has 0 atom stereocenters. The van der Waals surface area contributed by atoms with Crippen molar-refractivity contribution in [1.82, 2.24) is 0 Å². The zero-order valence-electron chi connectivity index (χ0n) is 8.33. The number of allylic oxidation sites excluding steroid dienone is 6. The molecule has 0 saturated heterocycles. The molecule has 0 radical (unpaired) electrons. The van der Waals surface area contributed by atoms with Crippen LogP contribution in [-0.4, -0.2) is 6.21 Å². The van der Waals surface area contributed by atoms with Gasteiger partial charge in [-0.1, -0.05) is 47.8 Å². The predicted octanol–water partition coefficient (Wildman–Crippen LogP) is 4.17. The lowest BCUT2D eigenvalue weighted by Gasteiger charge is -1.96. The van der Waals surface area contributed by atoms with Crippen molar-refractivity contribution in [2.45, 2.75) is 6.92 Å². The summed E-state index contributed by atoms with van der Waals surface area (Å²) >= 11 is 3.23. The molecule has 0 aromatic heterocycles. The van der Waals surface area contributed by atoms with Gasteiger partial charge in [0.25, 0.3) is 0 Å². The van der Waals surface area contributed by atoms with Crippen LogP contribution in [0.5, 0.6) is 0 Å². The van der Waals surface area contributed by atoms with E-state index in [9.17, 15) is 0 Å². The van der Waals surface area contributed by atoms with Gasteiger partial charge in [0.05, 0.1) is 0 Å². The minimum Gasteiger partial charge on any atom is -0.264 e. The smallest absolute Gasteiger partial charge is 0.0302 e. The van der Waals surface area contributed by atoms with Crippen LogP contribution in [0.15, 0.2) is 64.8 Å². The molecule has 2 heteroatoms. The molecule has 0 bridgehead atoms. The van der Waals surface area contributed by atoms with Crippen LogP contribution in [0.1, 0.15) is 6.92 Å². The van der Waals surface area contributed by atoms with E-state index >= 15 is 0 Å². The van der Waals surface area contributed by atoms with Gasteiger partial charge in [-0.05, 0) is 24.1 Å². The lowest BCUT2D eigenvalue weighted by Crippen LogP contribution is -1.77. The highest BCUT2D eigenvalue weighted by Crippen LogP contribution is 2.11. The molecule has 0 aliphatic rings. The van der Waals surface area contributed by atoms with Gasteiger partial charge in [0, 0.05) is 16.9 Å². The number of hydrogen-bond acceptors (Lipinski definition) is 1. The molecule has 0 unspecified atom stereocenters. The third-order valence-corrected chi connectivity index (χ3v) is 1.70. The van der Waals surface area contributed by atoms with E-state index < -0.39 is 0 Å². The summed E-state index contributed by atoms with van der Waals surface area (Å²) in [6.45, 7) is 13.1. The van der Waals surface area contributed by atoms with Crippen LogP contribution in [-0.2, 0) is 0 Å². The van der Waals surface area contributed by atoms with Gasteiger partial charge in [-0.25, -0.2) is 0 Å². The lowest BCUT2D eigenvalue weighted by molar-refractivity contribution is 1.38. The van der Waals surface area contributed by atoms with Crippen LogP contribution in [0.3, 0.4) is 0 Å². The Morgan fingerprint density at radius 2 is 1.93 bits per heavy atom.